The molecule has 21 heavy (non-hydrogen) atoms. The molecule has 2 aromatic carbocycles. The summed E-state index contributed by atoms with van der Waals surface area (Å²) >= 11 is 5.65. The van der Waals surface area contributed by atoms with E-state index in [0.29, 0.717) is 0 Å². The van der Waals surface area contributed by atoms with E-state index < -0.39 is 0 Å². The number of thiocarbonyl (C=S) groups is 1. The van der Waals surface area contributed by atoms with Gasteiger partial charge >= 0.3 is 0 Å². The largest absolute Gasteiger partial charge is 0.332 e. The molecule has 0 aliphatic carbocycles. The number of hydrogen-bond acceptors (Lipinski definition) is 1. The van der Waals surface area contributed by atoms with E-state index in [-0.39, 0.29) is 0 Å². The Morgan fingerprint density at radius 1 is 1.14 bits per heavy atom. The van der Waals surface area contributed by atoms with E-state index in [2.05, 4.69) is 59.6 Å². The molecule has 0 spiro atoms. The van der Waals surface area contributed by atoms with Crippen LogP contribution in [0.4, 0.5) is 11.4 Å². The van der Waals surface area contributed by atoms with Crippen molar-refractivity contribution in [2.24, 2.45) is 0 Å². The van der Waals surface area contributed by atoms with Gasteiger partial charge in [0.2, 0.25) is 0 Å². The van der Waals surface area contributed by atoms with Crippen molar-refractivity contribution in [3.63, 3.8) is 0 Å². The summed E-state index contributed by atoms with van der Waals surface area (Å²) in [6, 6.07) is 16.9. The molecule has 0 fully saturated rings. The van der Waals surface area contributed by atoms with Crippen LogP contribution in [0.5, 0.6) is 0 Å². The van der Waals surface area contributed by atoms with Crippen molar-refractivity contribution in [1.82, 2.24) is 0 Å². The molecular formula is C18H20N2S. The maximum absolute atomic E-state index is 5.65. The molecule has 0 amide bonds. The minimum atomic E-state index is 0.794. The Balaban J connectivity index is 1.84. The SMILES string of the molecule is CCc1ccccc1NC(=S)N1CCCc2ccccc21. The Labute approximate surface area is 131 Å². The molecule has 1 aliphatic heterocycles. The summed E-state index contributed by atoms with van der Waals surface area (Å²) in [5, 5.41) is 4.22. The highest BCUT2D eigenvalue weighted by atomic mass is 32.1. The summed E-state index contributed by atoms with van der Waals surface area (Å²) in [5.74, 6) is 0. The van der Waals surface area contributed by atoms with Gasteiger partial charge in [-0.2, -0.15) is 0 Å². The molecule has 0 atom stereocenters. The minimum Gasteiger partial charge on any atom is -0.332 e. The fourth-order valence-electron chi connectivity index (χ4n) is 2.88. The first-order chi connectivity index (χ1) is 10.3. The van der Waals surface area contributed by atoms with E-state index in [1.165, 1.54) is 16.8 Å². The maximum Gasteiger partial charge on any atom is 0.177 e. The normalized spacial score (nSPS) is 13.7. The van der Waals surface area contributed by atoms with Gasteiger partial charge < -0.3 is 10.2 Å². The van der Waals surface area contributed by atoms with Crippen LogP contribution in [0.1, 0.15) is 24.5 Å². The molecule has 0 aromatic heterocycles. The Bertz CT molecular complexity index is 651. The van der Waals surface area contributed by atoms with Crippen LogP contribution in [-0.2, 0) is 12.8 Å². The van der Waals surface area contributed by atoms with Gasteiger partial charge in [0, 0.05) is 17.9 Å². The topological polar surface area (TPSA) is 15.3 Å². The molecule has 0 radical (unpaired) electrons. The summed E-state index contributed by atoms with van der Waals surface area (Å²) in [7, 11) is 0. The Hall–Kier alpha value is -1.87. The number of rotatable bonds is 2. The third-order valence-electron chi connectivity index (χ3n) is 4.00. The van der Waals surface area contributed by atoms with Crippen LogP contribution in [0.3, 0.4) is 0 Å². The van der Waals surface area contributed by atoms with E-state index in [1.54, 1.807) is 0 Å². The molecule has 3 heteroatoms. The molecule has 0 saturated heterocycles. The first-order valence-electron chi connectivity index (χ1n) is 7.54. The van der Waals surface area contributed by atoms with Crippen LogP contribution < -0.4 is 10.2 Å². The molecule has 1 aliphatic rings. The number of anilines is 2. The molecule has 3 rings (SSSR count). The highest BCUT2D eigenvalue weighted by molar-refractivity contribution is 7.80. The van der Waals surface area contributed by atoms with Gasteiger partial charge in [0.25, 0.3) is 0 Å². The van der Waals surface area contributed by atoms with Gasteiger partial charge in [0.15, 0.2) is 5.11 Å². The predicted molar refractivity (Wildman–Crippen MR) is 94.1 cm³/mol. The van der Waals surface area contributed by atoms with Gasteiger partial charge in [-0.25, -0.2) is 0 Å². The molecule has 1 heterocycles. The van der Waals surface area contributed by atoms with Crippen LogP contribution in [0.2, 0.25) is 0 Å². The Morgan fingerprint density at radius 3 is 2.76 bits per heavy atom. The molecule has 108 valence electrons. The lowest BCUT2D eigenvalue weighted by Gasteiger charge is -2.32. The third kappa shape index (κ3) is 2.93. The number of aryl methyl sites for hydroxylation is 2. The summed E-state index contributed by atoms with van der Waals surface area (Å²) < 4.78 is 0. The molecule has 2 aromatic rings. The molecule has 0 bridgehead atoms. The van der Waals surface area contributed by atoms with Gasteiger partial charge in [-0.05, 0) is 54.7 Å². The standard InChI is InChI=1S/C18H20N2S/c1-2-14-8-3-5-11-16(14)19-18(21)20-13-7-10-15-9-4-6-12-17(15)20/h3-6,8-9,11-12H,2,7,10,13H2,1H3,(H,19,21). The third-order valence-corrected chi connectivity index (χ3v) is 4.32. The average molecular weight is 296 g/mol. The van der Waals surface area contributed by atoms with Crippen molar-refractivity contribution in [3.8, 4) is 0 Å². The van der Waals surface area contributed by atoms with Crippen LogP contribution in [0.15, 0.2) is 48.5 Å². The van der Waals surface area contributed by atoms with Gasteiger partial charge in [-0.3, -0.25) is 0 Å². The first kappa shape index (κ1) is 14.1. The Kier molecular flexibility index (Phi) is 4.20. The first-order valence-corrected chi connectivity index (χ1v) is 7.94. The summed E-state index contributed by atoms with van der Waals surface area (Å²) in [6.45, 7) is 3.15. The Morgan fingerprint density at radius 2 is 1.90 bits per heavy atom. The quantitative estimate of drug-likeness (QED) is 0.827. The number of para-hydroxylation sites is 2. The average Bonchev–Trinajstić information content (AvgIpc) is 2.54. The van der Waals surface area contributed by atoms with Crippen molar-refractivity contribution in [1.29, 1.82) is 0 Å². The molecule has 2 nitrogen and oxygen atoms in total. The van der Waals surface area contributed by atoms with Crippen molar-refractivity contribution >= 4 is 28.7 Å². The van der Waals surface area contributed by atoms with Crippen LogP contribution in [0.25, 0.3) is 0 Å². The fourth-order valence-corrected chi connectivity index (χ4v) is 3.18. The summed E-state index contributed by atoms with van der Waals surface area (Å²) in [4.78, 5) is 2.22. The number of fused-ring (bicyclic) bond motifs is 1. The second-order valence-corrected chi connectivity index (χ2v) is 5.71. The van der Waals surface area contributed by atoms with Crippen LogP contribution in [0, 0.1) is 0 Å². The zero-order valence-electron chi connectivity index (χ0n) is 12.3. The minimum absolute atomic E-state index is 0.794. The fraction of sp³-hybridized carbons (Fsp3) is 0.278. The second-order valence-electron chi connectivity index (χ2n) is 5.32. The lowest BCUT2D eigenvalue weighted by atomic mass is 10.0. The number of nitrogens with zero attached hydrogens (tertiary/aromatic N) is 1. The molecule has 0 unspecified atom stereocenters. The molecular weight excluding hydrogens is 276 g/mol. The number of benzene rings is 2. The van der Waals surface area contributed by atoms with Crippen LogP contribution in [-0.4, -0.2) is 11.7 Å². The van der Waals surface area contributed by atoms with E-state index in [4.69, 9.17) is 12.2 Å². The smallest absolute Gasteiger partial charge is 0.177 e. The van der Waals surface area contributed by atoms with E-state index in [0.717, 1.165) is 36.6 Å². The predicted octanol–water partition coefficient (Wildman–Crippen LogP) is 4.40. The lowest BCUT2D eigenvalue weighted by Crippen LogP contribution is -2.38. The highest BCUT2D eigenvalue weighted by Crippen LogP contribution is 2.27. The number of hydrogen-bond donors (Lipinski definition) is 1. The number of nitrogens with one attached hydrogen (secondary N) is 1. The van der Waals surface area contributed by atoms with Gasteiger partial charge in [0.1, 0.15) is 0 Å². The van der Waals surface area contributed by atoms with E-state index >= 15 is 0 Å². The van der Waals surface area contributed by atoms with Crippen molar-refractivity contribution in [2.75, 3.05) is 16.8 Å². The second kappa shape index (κ2) is 6.27. The van der Waals surface area contributed by atoms with Gasteiger partial charge in [0.05, 0.1) is 0 Å². The summed E-state index contributed by atoms with van der Waals surface area (Å²) in [5.41, 5.74) is 5.05. The van der Waals surface area contributed by atoms with E-state index in [9.17, 15) is 0 Å². The van der Waals surface area contributed by atoms with Gasteiger partial charge in [-0.15, -0.1) is 0 Å². The van der Waals surface area contributed by atoms with Crippen molar-refractivity contribution in [3.05, 3.63) is 59.7 Å². The molecule has 1 N–H and O–H groups in total. The van der Waals surface area contributed by atoms with E-state index in [1.807, 2.05) is 6.07 Å². The van der Waals surface area contributed by atoms with Gasteiger partial charge in [-0.1, -0.05) is 43.3 Å². The molecule has 0 saturated carbocycles. The summed E-state index contributed by atoms with van der Waals surface area (Å²) in [6.07, 6.45) is 3.29. The van der Waals surface area contributed by atoms with Crippen molar-refractivity contribution < 1.29 is 0 Å². The lowest BCUT2D eigenvalue weighted by molar-refractivity contribution is 0.780. The van der Waals surface area contributed by atoms with Crippen LogP contribution >= 0.6 is 12.2 Å². The zero-order valence-corrected chi connectivity index (χ0v) is 13.1. The maximum atomic E-state index is 5.65. The van der Waals surface area contributed by atoms with Crippen molar-refractivity contribution in [2.45, 2.75) is 26.2 Å². The highest BCUT2D eigenvalue weighted by Gasteiger charge is 2.19. The monoisotopic (exact) mass is 296 g/mol. The zero-order chi connectivity index (χ0) is 14.7.